The highest BCUT2D eigenvalue weighted by Crippen LogP contribution is 2.17. The largest absolute Gasteiger partial charge is 0.366 e. The molecule has 3 nitrogen and oxygen atoms in total. The highest BCUT2D eigenvalue weighted by atomic mass is 79.9. The van der Waals surface area contributed by atoms with Crippen LogP contribution in [0.15, 0.2) is 41.0 Å². The fraction of sp³-hybridized carbons (Fsp3) is 0.182. The normalized spacial score (nSPS) is 10.3. The number of anilines is 1. The van der Waals surface area contributed by atoms with Crippen molar-refractivity contribution < 1.29 is 0 Å². The van der Waals surface area contributed by atoms with Crippen molar-refractivity contribution in [2.75, 3.05) is 5.32 Å². The smallest absolute Gasteiger partial charge is 0.124 e. The molecule has 0 saturated carbocycles. The maximum Gasteiger partial charge on any atom is 0.124 e. The molecule has 1 heterocycles. The highest BCUT2D eigenvalue weighted by Gasteiger charge is 2.00. The minimum atomic E-state index is 0.793. The van der Waals surface area contributed by atoms with Crippen molar-refractivity contribution in [1.29, 1.82) is 0 Å². The van der Waals surface area contributed by atoms with Crippen LogP contribution in [-0.2, 0) is 13.6 Å². The summed E-state index contributed by atoms with van der Waals surface area (Å²) in [5, 5.41) is 7.41. The van der Waals surface area contributed by atoms with Gasteiger partial charge in [0.1, 0.15) is 5.82 Å². The third-order valence-electron chi connectivity index (χ3n) is 2.24. The average Bonchev–Trinajstić information content (AvgIpc) is 2.63. The number of benzene rings is 1. The quantitative estimate of drug-likeness (QED) is 0.925. The first kappa shape index (κ1) is 10.2. The molecule has 1 aromatic heterocycles. The summed E-state index contributed by atoms with van der Waals surface area (Å²) in [6, 6.07) is 10.1. The van der Waals surface area contributed by atoms with E-state index in [1.165, 1.54) is 5.56 Å². The maximum atomic E-state index is 4.09. The zero-order valence-electron chi connectivity index (χ0n) is 8.44. The van der Waals surface area contributed by atoms with Gasteiger partial charge in [0, 0.05) is 24.1 Å². The van der Waals surface area contributed by atoms with Crippen LogP contribution in [0, 0.1) is 0 Å². The van der Waals surface area contributed by atoms with Gasteiger partial charge in [0.25, 0.3) is 0 Å². The standard InChI is InChI=1S/C11H12BrN3/c1-15-11(6-7-14-15)13-8-9-4-2-3-5-10(9)12/h2-7,13H,8H2,1H3. The van der Waals surface area contributed by atoms with Gasteiger partial charge in [0.15, 0.2) is 0 Å². The monoisotopic (exact) mass is 265 g/mol. The fourth-order valence-electron chi connectivity index (χ4n) is 1.37. The molecule has 0 unspecified atom stereocenters. The Labute approximate surface area is 97.2 Å². The van der Waals surface area contributed by atoms with Crippen molar-refractivity contribution in [3.05, 3.63) is 46.6 Å². The van der Waals surface area contributed by atoms with Crippen molar-refractivity contribution in [1.82, 2.24) is 9.78 Å². The Morgan fingerprint density at radius 3 is 2.80 bits per heavy atom. The van der Waals surface area contributed by atoms with E-state index in [2.05, 4.69) is 32.4 Å². The van der Waals surface area contributed by atoms with Gasteiger partial charge in [0.05, 0.1) is 6.20 Å². The van der Waals surface area contributed by atoms with Crippen LogP contribution in [0.2, 0.25) is 0 Å². The molecule has 15 heavy (non-hydrogen) atoms. The molecule has 0 aliphatic heterocycles. The van der Waals surface area contributed by atoms with Crippen molar-refractivity contribution in [2.24, 2.45) is 7.05 Å². The Morgan fingerprint density at radius 1 is 1.33 bits per heavy atom. The van der Waals surface area contributed by atoms with Crippen molar-refractivity contribution in [3.8, 4) is 0 Å². The molecule has 4 heteroatoms. The first-order valence-electron chi connectivity index (χ1n) is 4.72. The summed E-state index contributed by atoms with van der Waals surface area (Å²) in [4.78, 5) is 0. The molecule has 1 N–H and O–H groups in total. The molecule has 0 aliphatic rings. The van der Waals surface area contributed by atoms with E-state index in [1.54, 1.807) is 6.20 Å². The average molecular weight is 266 g/mol. The molecule has 0 aliphatic carbocycles. The molecule has 0 spiro atoms. The van der Waals surface area contributed by atoms with E-state index < -0.39 is 0 Å². The summed E-state index contributed by atoms with van der Waals surface area (Å²) in [5.41, 5.74) is 1.23. The molecule has 0 fully saturated rings. The summed E-state index contributed by atoms with van der Waals surface area (Å²) in [7, 11) is 1.92. The summed E-state index contributed by atoms with van der Waals surface area (Å²) >= 11 is 3.52. The van der Waals surface area contributed by atoms with Gasteiger partial charge >= 0.3 is 0 Å². The Morgan fingerprint density at radius 2 is 2.13 bits per heavy atom. The van der Waals surface area contributed by atoms with E-state index in [1.807, 2.05) is 36.0 Å². The zero-order valence-corrected chi connectivity index (χ0v) is 10.0. The first-order valence-corrected chi connectivity index (χ1v) is 5.52. The number of hydrogen-bond acceptors (Lipinski definition) is 2. The van der Waals surface area contributed by atoms with Crippen LogP contribution in [0.5, 0.6) is 0 Å². The molecular formula is C11H12BrN3. The van der Waals surface area contributed by atoms with E-state index in [0.29, 0.717) is 0 Å². The van der Waals surface area contributed by atoms with E-state index >= 15 is 0 Å². The van der Waals surface area contributed by atoms with Crippen LogP contribution < -0.4 is 5.32 Å². The van der Waals surface area contributed by atoms with E-state index in [0.717, 1.165) is 16.8 Å². The number of halogens is 1. The summed E-state index contributed by atoms with van der Waals surface area (Å²) in [5.74, 6) is 1.02. The fourth-order valence-corrected chi connectivity index (χ4v) is 1.80. The lowest BCUT2D eigenvalue weighted by Crippen LogP contribution is -2.04. The highest BCUT2D eigenvalue weighted by molar-refractivity contribution is 9.10. The van der Waals surface area contributed by atoms with Crippen molar-refractivity contribution in [2.45, 2.75) is 6.54 Å². The second kappa shape index (κ2) is 4.49. The predicted octanol–water partition coefficient (Wildman–Crippen LogP) is 2.79. The molecule has 0 amide bonds. The van der Waals surface area contributed by atoms with Crippen LogP contribution in [0.4, 0.5) is 5.82 Å². The molecule has 0 radical (unpaired) electrons. The van der Waals surface area contributed by atoms with Gasteiger partial charge < -0.3 is 5.32 Å². The third kappa shape index (κ3) is 2.39. The lowest BCUT2D eigenvalue weighted by molar-refractivity contribution is 0.769. The molecule has 2 rings (SSSR count). The minimum absolute atomic E-state index is 0.793. The molecule has 1 aromatic carbocycles. The maximum absolute atomic E-state index is 4.09. The number of rotatable bonds is 3. The molecular weight excluding hydrogens is 254 g/mol. The molecule has 78 valence electrons. The van der Waals surface area contributed by atoms with Crippen molar-refractivity contribution >= 4 is 21.7 Å². The van der Waals surface area contributed by atoms with Crippen LogP contribution >= 0.6 is 15.9 Å². The van der Waals surface area contributed by atoms with Gasteiger partial charge in [-0.25, -0.2) is 0 Å². The van der Waals surface area contributed by atoms with E-state index in [9.17, 15) is 0 Å². The van der Waals surface area contributed by atoms with Gasteiger partial charge in [-0.15, -0.1) is 0 Å². The van der Waals surface area contributed by atoms with E-state index in [-0.39, 0.29) is 0 Å². The van der Waals surface area contributed by atoms with Crippen LogP contribution in [0.3, 0.4) is 0 Å². The Balaban J connectivity index is 2.06. The lowest BCUT2D eigenvalue weighted by Gasteiger charge is -2.07. The SMILES string of the molecule is Cn1nccc1NCc1ccccc1Br. The molecule has 0 atom stereocenters. The van der Waals surface area contributed by atoms with Gasteiger partial charge in [-0.3, -0.25) is 4.68 Å². The number of hydrogen-bond donors (Lipinski definition) is 1. The summed E-state index contributed by atoms with van der Waals surface area (Å²) < 4.78 is 2.94. The van der Waals surface area contributed by atoms with Gasteiger partial charge in [-0.2, -0.15) is 5.10 Å². The number of aryl methyl sites for hydroxylation is 1. The van der Waals surface area contributed by atoms with Gasteiger partial charge in [0.2, 0.25) is 0 Å². The second-order valence-electron chi connectivity index (χ2n) is 3.29. The summed E-state index contributed by atoms with van der Waals surface area (Å²) in [6.45, 7) is 0.793. The first-order chi connectivity index (χ1) is 7.27. The second-order valence-corrected chi connectivity index (χ2v) is 4.14. The Bertz CT molecular complexity index is 451. The number of nitrogens with one attached hydrogen (secondary N) is 1. The molecule has 2 aromatic rings. The predicted molar refractivity (Wildman–Crippen MR) is 64.7 cm³/mol. The topological polar surface area (TPSA) is 29.9 Å². The molecule has 0 saturated heterocycles. The third-order valence-corrected chi connectivity index (χ3v) is 3.01. The van der Waals surface area contributed by atoms with Crippen LogP contribution in [0.25, 0.3) is 0 Å². The van der Waals surface area contributed by atoms with Crippen LogP contribution in [0.1, 0.15) is 5.56 Å². The lowest BCUT2D eigenvalue weighted by atomic mass is 10.2. The minimum Gasteiger partial charge on any atom is -0.366 e. The Hall–Kier alpha value is -1.29. The number of aromatic nitrogens is 2. The zero-order chi connectivity index (χ0) is 10.7. The van der Waals surface area contributed by atoms with Crippen LogP contribution in [-0.4, -0.2) is 9.78 Å². The molecule has 0 bridgehead atoms. The van der Waals surface area contributed by atoms with E-state index in [4.69, 9.17) is 0 Å². The van der Waals surface area contributed by atoms with Crippen molar-refractivity contribution in [3.63, 3.8) is 0 Å². The van der Waals surface area contributed by atoms with Gasteiger partial charge in [-0.1, -0.05) is 34.1 Å². The van der Waals surface area contributed by atoms with Gasteiger partial charge in [-0.05, 0) is 11.6 Å². The Kier molecular flexibility index (Phi) is 3.06. The summed E-state index contributed by atoms with van der Waals surface area (Å²) in [6.07, 6.45) is 1.78. The number of nitrogens with zero attached hydrogens (tertiary/aromatic N) is 2.